The molecular weight excluding hydrogens is 358 g/mol. The molecule has 8 heteroatoms. The van der Waals surface area contributed by atoms with E-state index in [0.29, 0.717) is 23.8 Å². The first-order valence-electron chi connectivity index (χ1n) is 8.89. The summed E-state index contributed by atoms with van der Waals surface area (Å²) in [6.45, 7) is 5.79. The molecule has 0 fully saturated rings. The zero-order valence-electron chi connectivity index (χ0n) is 16.2. The van der Waals surface area contributed by atoms with Crippen LogP contribution in [-0.4, -0.2) is 43.0 Å². The molecule has 0 saturated carbocycles. The van der Waals surface area contributed by atoms with Gasteiger partial charge in [0.2, 0.25) is 5.82 Å². The van der Waals surface area contributed by atoms with Gasteiger partial charge in [-0.15, -0.1) is 5.10 Å². The van der Waals surface area contributed by atoms with Gasteiger partial charge in [-0.1, -0.05) is 10.4 Å². The minimum Gasteiger partial charge on any atom is -0.497 e. The maximum atomic E-state index is 10.0. The molecule has 1 N–H and O–H groups in total. The highest BCUT2D eigenvalue weighted by atomic mass is 16.5. The van der Waals surface area contributed by atoms with Crippen molar-refractivity contribution in [2.75, 3.05) is 7.11 Å². The summed E-state index contributed by atoms with van der Waals surface area (Å²) in [5.41, 5.74) is 3.29. The largest absolute Gasteiger partial charge is 0.497 e. The van der Waals surface area contributed by atoms with Gasteiger partial charge in [0.1, 0.15) is 11.3 Å². The number of fused-ring (bicyclic) bond motifs is 1. The van der Waals surface area contributed by atoms with E-state index in [0.717, 1.165) is 28.0 Å². The van der Waals surface area contributed by atoms with Gasteiger partial charge < -0.3 is 14.4 Å². The Morgan fingerprint density at radius 3 is 2.71 bits per heavy atom. The summed E-state index contributed by atoms with van der Waals surface area (Å²) in [4.78, 5) is 4.53. The molecule has 0 atom stereocenters. The Kier molecular flexibility index (Phi) is 4.35. The molecule has 0 aliphatic heterocycles. The first-order valence-corrected chi connectivity index (χ1v) is 8.89. The number of hydrogen-bond donors (Lipinski definition) is 1. The van der Waals surface area contributed by atoms with Crippen LogP contribution >= 0.6 is 0 Å². The second-order valence-electron chi connectivity index (χ2n) is 7.37. The van der Waals surface area contributed by atoms with Gasteiger partial charge in [0.15, 0.2) is 0 Å². The molecule has 144 valence electrons. The number of benzene rings is 2. The van der Waals surface area contributed by atoms with Gasteiger partial charge in [0, 0.05) is 11.1 Å². The van der Waals surface area contributed by atoms with Crippen LogP contribution in [0.15, 0.2) is 40.9 Å². The summed E-state index contributed by atoms with van der Waals surface area (Å²) < 4.78 is 12.4. The molecule has 2 heterocycles. The Balaban J connectivity index is 1.66. The first-order chi connectivity index (χ1) is 13.3. The molecule has 0 saturated heterocycles. The van der Waals surface area contributed by atoms with E-state index < -0.39 is 5.60 Å². The Labute approximate surface area is 161 Å². The van der Waals surface area contributed by atoms with Crippen LogP contribution < -0.4 is 4.74 Å². The summed E-state index contributed by atoms with van der Waals surface area (Å²) in [7, 11) is 1.63. The third-order valence-corrected chi connectivity index (χ3v) is 4.40. The van der Waals surface area contributed by atoms with E-state index in [1.54, 1.807) is 25.6 Å². The standard InChI is InChI=1S/C20H21N5O3/c1-12-9-14(27-4)6-7-15(12)18-21-19(28-23-18)13-5-8-17-16(10-13)22-24-25(17)11-20(2,3)26/h5-10,26H,11H2,1-4H3. The lowest BCUT2D eigenvalue weighted by Gasteiger charge is -2.16. The average molecular weight is 379 g/mol. The zero-order chi connectivity index (χ0) is 19.9. The summed E-state index contributed by atoms with van der Waals surface area (Å²) >= 11 is 0. The fourth-order valence-corrected chi connectivity index (χ4v) is 3.05. The highest BCUT2D eigenvalue weighted by molar-refractivity contribution is 5.80. The van der Waals surface area contributed by atoms with Crippen LogP contribution in [0.25, 0.3) is 33.9 Å². The van der Waals surface area contributed by atoms with Gasteiger partial charge in [-0.2, -0.15) is 4.98 Å². The third-order valence-electron chi connectivity index (χ3n) is 4.40. The van der Waals surface area contributed by atoms with Crippen molar-refractivity contribution in [2.24, 2.45) is 0 Å². The molecule has 2 aromatic heterocycles. The topological polar surface area (TPSA) is 99.1 Å². The Morgan fingerprint density at radius 2 is 2.00 bits per heavy atom. The lowest BCUT2D eigenvalue weighted by atomic mass is 10.1. The number of aromatic nitrogens is 5. The van der Waals surface area contributed by atoms with Crippen LogP contribution in [0, 0.1) is 6.92 Å². The van der Waals surface area contributed by atoms with Gasteiger partial charge in [-0.3, -0.25) is 0 Å². The maximum Gasteiger partial charge on any atom is 0.258 e. The predicted molar refractivity (Wildman–Crippen MR) is 104 cm³/mol. The molecule has 8 nitrogen and oxygen atoms in total. The van der Waals surface area contributed by atoms with E-state index in [4.69, 9.17) is 9.26 Å². The Hall–Kier alpha value is -3.26. The molecule has 0 radical (unpaired) electrons. The van der Waals surface area contributed by atoms with Crippen LogP contribution in [0.5, 0.6) is 5.75 Å². The monoisotopic (exact) mass is 379 g/mol. The minimum atomic E-state index is -0.878. The number of aryl methyl sites for hydroxylation is 1. The highest BCUT2D eigenvalue weighted by Crippen LogP contribution is 2.28. The summed E-state index contributed by atoms with van der Waals surface area (Å²) in [5.74, 6) is 1.70. The van der Waals surface area contributed by atoms with Crippen molar-refractivity contribution in [3.8, 4) is 28.6 Å². The Morgan fingerprint density at radius 1 is 1.18 bits per heavy atom. The second kappa shape index (κ2) is 6.72. The van der Waals surface area contributed by atoms with Crippen LogP contribution in [-0.2, 0) is 6.54 Å². The van der Waals surface area contributed by atoms with Crippen molar-refractivity contribution in [2.45, 2.75) is 32.9 Å². The fourth-order valence-electron chi connectivity index (χ4n) is 3.05. The molecular formula is C20H21N5O3. The highest BCUT2D eigenvalue weighted by Gasteiger charge is 2.18. The number of hydrogen-bond acceptors (Lipinski definition) is 7. The van der Waals surface area contributed by atoms with E-state index in [1.165, 1.54) is 0 Å². The number of methoxy groups -OCH3 is 1. The molecule has 4 aromatic rings. The molecule has 0 aliphatic carbocycles. The molecule has 0 spiro atoms. The normalized spacial score (nSPS) is 11.9. The lowest BCUT2D eigenvalue weighted by molar-refractivity contribution is 0.0585. The minimum absolute atomic E-state index is 0.351. The number of rotatable bonds is 5. The zero-order valence-corrected chi connectivity index (χ0v) is 16.2. The summed E-state index contributed by atoms with van der Waals surface area (Å²) in [6.07, 6.45) is 0. The third kappa shape index (κ3) is 3.46. The van der Waals surface area contributed by atoms with Gasteiger partial charge in [0.05, 0.1) is 24.8 Å². The summed E-state index contributed by atoms with van der Waals surface area (Å²) in [5, 5.41) is 22.4. The van der Waals surface area contributed by atoms with Crippen LogP contribution in [0.1, 0.15) is 19.4 Å². The molecule has 28 heavy (non-hydrogen) atoms. The predicted octanol–water partition coefficient (Wildman–Crippen LogP) is 3.24. The van der Waals surface area contributed by atoms with Crippen LogP contribution in [0.3, 0.4) is 0 Å². The molecule has 0 unspecified atom stereocenters. The first kappa shape index (κ1) is 18.1. The Bertz CT molecular complexity index is 1140. The van der Waals surface area contributed by atoms with Crippen molar-refractivity contribution in [3.63, 3.8) is 0 Å². The van der Waals surface area contributed by atoms with Gasteiger partial charge >= 0.3 is 0 Å². The van der Waals surface area contributed by atoms with Gasteiger partial charge in [-0.25, -0.2) is 4.68 Å². The van der Waals surface area contributed by atoms with E-state index in [2.05, 4.69) is 20.5 Å². The molecule has 2 aromatic carbocycles. The second-order valence-corrected chi connectivity index (χ2v) is 7.37. The van der Waals surface area contributed by atoms with Gasteiger partial charge in [-0.05, 0) is 62.7 Å². The molecule has 0 amide bonds. The van der Waals surface area contributed by atoms with E-state index in [9.17, 15) is 5.11 Å². The van der Waals surface area contributed by atoms with Crippen molar-refractivity contribution in [1.29, 1.82) is 0 Å². The van der Waals surface area contributed by atoms with Crippen LogP contribution in [0.4, 0.5) is 0 Å². The van der Waals surface area contributed by atoms with E-state index in [1.807, 2.05) is 43.3 Å². The fraction of sp³-hybridized carbons (Fsp3) is 0.300. The number of ether oxygens (including phenoxy) is 1. The smallest absolute Gasteiger partial charge is 0.258 e. The van der Waals surface area contributed by atoms with Crippen LogP contribution in [0.2, 0.25) is 0 Å². The van der Waals surface area contributed by atoms with E-state index >= 15 is 0 Å². The van der Waals surface area contributed by atoms with Crippen molar-refractivity contribution in [1.82, 2.24) is 25.1 Å². The molecule has 0 aliphatic rings. The number of aliphatic hydroxyl groups is 1. The quantitative estimate of drug-likeness (QED) is 0.568. The van der Waals surface area contributed by atoms with E-state index in [-0.39, 0.29) is 0 Å². The van der Waals surface area contributed by atoms with Crippen molar-refractivity contribution >= 4 is 11.0 Å². The maximum absolute atomic E-state index is 10.0. The average Bonchev–Trinajstić information content (AvgIpc) is 3.27. The molecule has 0 bridgehead atoms. The SMILES string of the molecule is COc1ccc(-c2noc(-c3ccc4c(c3)nnn4CC(C)(C)O)n2)c(C)c1. The van der Waals surface area contributed by atoms with Gasteiger partial charge in [0.25, 0.3) is 5.89 Å². The van der Waals surface area contributed by atoms with Crippen molar-refractivity contribution < 1.29 is 14.4 Å². The lowest BCUT2D eigenvalue weighted by Crippen LogP contribution is -2.26. The number of nitrogens with zero attached hydrogens (tertiary/aromatic N) is 5. The van der Waals surface area contributed by atoms with Crippen molar-refractivity contribution in [3.05, 3.63) is 42.0 Å². The molecule has 4 rings (SSSR count). The summed E-state index contributed by atoms with van der Waals surface area (Å²) in [6, 6.07) is 11.3.